The topological polar surface area (TPSA) is 189 Å². The molecule has 0 aliphatic rings. The summed E-state index contributed by atoms with van der Waals surface area (Å²) in [6, 6.07) is 12.6. The third-order valence-electron chi connectivity index (χ3n) is 5.30. The minimum absolute atomic E-state index is 0.0733. The summed E-state index contributed by atoms with van der Waals surface area (Å²) in [5, 5.41) is 20.0. The van der Waals surface area contributed by atoms with Crippen molar-refractivity contribution in [1.29, 1.82) is 5.41 Å². The van der Waals surface area contributed by atoms with Gasteiger partial charge in [0.05, 0.1) is 31.2 Å². The number of anilines is 1. The molecule has 2 aromatic carbocycles. The number of carboxylic acids is 1. The number of benzene rings is 2. The zero-order valence-corrected chi connectivity index (χ0v) is 25.3. The Bertz CT molecular complexity index is 1620. The summed E-state index contributed by atoms with van der Waals surface area (Å²) in [6.45, 7) is 3.45. The van der Waals surface area contributed by atoms with E-state index in [0.717, 1.165) is 16.9 Å². The first-order valence-electron chi connectivity index (χ1n) is 12.0. The molecule has 43 heavy (non-hydrogen) atoms. The van der Waals surface area contributed by atoms with E-state index in [4.69, 9.17) is 25.8 Å². The molecule has 17 heteroatoms. The van der Waals surface area contributed by atoms with Gasteiger partial charge in [-0.25, -0.2) is 18.0 Å². The van der Waals surface area contributed by atoms with Gasteiger partial charge in [-0.1, -0.05) is 24.3 Å². The van der Waals surface area contributed by atoms with Gasteiger partial charge >= 0.3 is 24.1 Å². The predicted octanol–water partition coefficient (Wildman–Crippen LogP) is 4.88. The smallest absolute Gasteiger partial charge is 0.475 e. The Morgan fingerprint density at radius 1 is 1.14 bits per heavy atom. The first kappa shape index (κ1) is 35.1. The van der Waals surface area contributed by atoms with Crippen LogP contribution in [0.2, 0.25) is 0 Å². The van der Waals surface area contributed by atoms with Gasteiger partial charge < -0.3 is 26.2 Å². The molecule has 1 aromatic heterocycles. The number of ether oxygens (including phenoxy) is 1. The number of alkyl halides is 3. The second-order valence-electron chi connectivity index (χ2n) is 8.32. The summed E-state index contributed by atoms with van der Waals surface area (Å²) < 4.78 is 64.2. The van der Waals surface area contributed by atoms with Crippen LogP contribution in [0.15, 0.2) is 62.5 Å². The van der Waals surface area contributed by atoms with Crippen molar-refractivity contribution < 1.29 is 45.8 Å². The number of thiophene rings is 1. The highest BCUT2D eigenvalue weighted by molar-refractivity contribution is 8.01. The zero-order valence-electron chi connectivity index (χ0n) is 22.9. The molecular weight excluding hydrogens is 634 g/mol. The number of carbonyl (C=O) groups excluding carboxylic acids is 2. The average Bonchev–Trinajstić information content (AvgIpc) is 3.38. The number of nitrogen functional groups attached to an aromatic ring is 1. The second kappa shape index (κ2) is 14.9. The van der Waals surface area contributed by atoms with Crippen LogP contribution in [0, 0.1) is 12.3 Å². The second-order valence-corrected chi connectivity index (χ2v) is 12.4. The maximum absolute atomic E-state index is 13.5. The lowest BCUT2D eigenvalue weighted by atomic mass is 9.98. The van der Waals surface area contributed by atoms with E-state index < -0.39 is 34.0 Å². The number of amides is 2. The number of halogens is 3. The minimum Gasteiger partial charge on any atom is -0.475 e. The minimum atomic E-state index is -5.08. The molecule has 0 aliphatic carbocycles. The number of carboxylic acid groups (broad SMARTS) is 1. The van der Waals surface area contributed by atoms with Crippen molar-refractivity contribution in [2.45, 2.75) is 34.0 Å². The molecular formula is C26H27F3N4O7S3. The first-order chi connectivity index (χ1) is 20.0. The van der Waals surface area contributed by atoms with Gasteiger partial charge in [0.2, 0.25) is 9.84 Å². The SMILES string of the molecule is CCOC(=O)CNC(=O)Nc1cccc(C)c1-c1cccc(S(=O)(=O)c2cc(C(=N)N)sc2SC)c1.O=C(O)C(F)(F)F. The molecule has 0 atom stereocenters. The summed E-state index contributed by atoms with van der Waals surface area (Å²) in [7, 11) is -3.91. The fourth-order valence-electron chi connectivity index (χ4n) is 3.45. The Morgan fingerprint density at radius 3 is 2.33 bits per heavy atom. The molecule has 0 saturated heterocycles. The Kier molecular flexibility index (Phi) is 12.2. The third-order valence-corrected chi connectivity index (χ3v) is 9.64. The van der Waals surface area contributed by atoms with Crippen LogP contribution in [-0.4, -0.2) is 62.9 Å². The maximum Gasteiger partial charge on any atom is 0.490 e. The van der Waals surface area contributed by atoms with E-state index in [9.17, 15) is 31.2 Å². The van der Waals surface area contributed by atoms with Gasteiger partial charge in [-0.2, -0.15) is 13.2 Å². The van der Waals surface area contributed by atoms with Crippen LogP contribution in [0.1, 0.15) is 17.4 Å². The van der Waals surface area contributed by atoms with Crippen LogP contribution in [0.4, 0.5) is 23.7 Å². The largest absolute Gasteiger partial charge is 0.490 e. The van der Waals surface area contributed by atoms with Crippen molar-refractivity contribution in [3.05, 3.63) is 59.0 Å². The number of carbonyl (C=O) groups is 3. The summed E-state index contributed by atoms with van der Waals surface area (Å²) in [5.41, 5.74) is 8.07. The van der Waals surface area contributed by atoms with E-state index in [-0.39, 0.29) is 28.8 Å². The number of sulfone groups is 1. The highest BCUT2D eigenvalue weighted by atomic mass is 32.2. The van der Waals surface area contributed by atoms with Crippen molar-refractivity contribution in [1.82, 2.24) is 5.32 Å². The fourth-order valence-corrected chi connectivity index (χ4v) is 7.35. The standard InChI is InChI=1S/C24H26N4O5S3.C2HF3O2/c1-4-33-20(29)13-27-24(30)28-17-10-5-7-14(2)21(17)15-8-6-9-16(11-15)36(31,32)19-12-18(22(25)26)35-23(19)34-3;3-2(4,5)1(6)7/h5-12H,4,13H2,1-3H3,(H3,25,26)(H2,27,28,30);(H,6,7). The van der Waals surface area contributed by atoms with Crippen LogP contribution in [0.5, 0.6) is 0 Å². The Hall–Kier alpha value is -4.09. The molecule has 0 aliphatic heterocycles. The van der Waals surface area contributed by atoms with Crippen LogP contribution >= 0.6 is 23.1 Å². The molecule has 0 unspecified atom stereocenters. The molecule has 3 aromatic rings. The van der Waals surface area contributed by atoms with Crippen molar-refractivity contribution in [3.63, 3.8) is 0 Å². The number of nitrogens with one attached hydrogen (secondary N) is 3. The molecule has 6 N–H and O–H groups in total. The van der Waals surface area contributed by atoms with Gasteiger partial charge in [-0.05, 0) is 55.5 Å². The molecule has 0 bridgehead atoms. The first-order valence-corrected chi connectivity index (χ1v) is 15.5. The molecule has 0 spiro atoms. The molecule has 0 fully saturated rings. The molecule has 2 amide bonds. The van der Waals surface area contributed by atoms with Gasteiger partial charge in [-0.15, -0.1) is 23.1 Å². The quantitative estimate of drug-likeness (QED) is 0.0922. The van der Waals surface area contributed by atoms with Crippen molar-refractivity contribution in [2.75, 3.05) is 24.7 Å². The Balaban J connectivity index is 0.000000821. The lowest BCUT2D eigenvalue weighted by Gasteiger charge is -2.15. The Morgan fingerprint density at radius 2 is 1.77 bits per heavy atom. The fraction of sp³-hybridized carbons (Fsp3) is 0.231. The van der Waals surface area contributed by atoms with Crippen molar-refractivity contribution >= 4 is 62.4 Å². The molecule has 1 heterocycles. The predicted molar refractivity (Wildman–Crippen MR) is 157 cm³/mol. The van der Waals surface area contributed by atoms with E-state index >= 15 is 0 Å². The number of amidine groups is 1. The molecule has 3 rings (SSSR count). The number of thioether (sulfide) groups is 1. The lowest BCUT2D eigenvalue weighted by molar-refractivity contribution is -0.192. The molecule has 232 valence electrons. The Labute approximate surface area is 253 Å². The average molecular weight is 661 g/mol. The van der Waals surface area contributed by atoms with Crippen LogP contribution < -0.4 is 16.4 Å². The zero-order chi connectivity index (χ0) is 32.5. The summed E-state index contributed by atoms with van der Waals surface area (Å²) in [5.74, 6) is -3.50. The van der Waals surface area contributed by atoms with E-state index in [1.165, 1.54) is 23.9 Å². The number of nitrogens with two attached hydrogens (primary N) is 1. The number of esters is 1. The molecule has 11 nitrogen and oxygen atoms in total. The number of urea groups is 1. The highest BCUT2D eigenvalue weighted by Crippen LogP contribution is 2.38. The third kappa shape index (κ3) is 9.45. The number of aliphatic carboxylic acids is 1. The molecule has 0 radical (unpaired) electrons. The van der Waals surface area contributed by atoms with Gasteiger partial charge in [0.15, 0.2) is 0 Å². The summed E-state index contributed by atoms with van der Waals surface area (Å²) in [6.07, 6.45) is -3.32. The van der Waals surface area contributed by atoms with Crippen molar-refractivity contribution in [3.8, 4) is 11.1 Å². The van der Waals surface area contributed by atoms with Gasteiger partial charge in [-0.3, -0.25) is 10.2 Å². The number of aryl methyl sites for hydroxylation is 1. The van der Waals surface area contributed by atoms with E-state index in [1.807, 2.05) is 13.0 Å². The monoisotopic (exact) mass is 660 g/mol. The molecule has 0 saturated carbocycles. The highest BCUT2D eigenvalue weighted by Gasteiger charge is 2.38. The van der Waals surface area contributed by atoms with E-state index in [2.05, 4.69) is 10.6 Å². The number of hydrogen-bond donors (Lipinski definition) is 5. The van der Waals surface area contributed by atoms with Gasteiger partial charge in [0.25, 0.3) is 0 Å². The van der Waals surface area contributed by atoms with Gasteiger partial charge in [0, 0.05) is 5.56 Å². The van der Waals surface area contributed by atoms with E-state index in [1.54, 1.807) is 43.5 Å². The summed E-state index contributed by atoms with van der Waals surface area (Å²) in [4.78, 5) is 33.4. The lowest BCUT2D eigenvalue weighted by Crippen LogP contribution is -2.34. The number of rotatable bonds is 9. The number of hydrogen-bond acceptors (Lipinski definition) is 9. The summed E-state index contributed by atoms with van der Waals surface area (Å²) >= 11 is 2.43. The van der Waals surface area contributed by atoms with E-state index in [0.29, 0.717) is 25.9 Å². The van der Waals surface area contributed by atoms with Crippen molar-refractivity contribution in [2.24, 2.45) is 5.73 Å². The van der Waals surface area contributed by atoms with Gasteiger partial charge in [0.1, 0.15) is 12.4 Å². The van der Waals surface area contributed by atoms with Crippen LogP contribution in [0.3, 0.4) is 0 Å². The van der Waals surface area contributed by atoms with Crippen LogP contribution in [-0.2, 0) is 24.2 Å². The normalized spacial score (nSPS) is 11.1. The van der Waals surface area contributed by atoms with Crippen LogP contribution in [0.25, 0.3) is 11.1 Å². The maximum atomic E-state index is 13.5.